The average molecular weight is 312 g/mol. The minimum atomic E-state index is -0.108. The van der Waals surface area contributed by atoms with Gasteiger partial charge in [0.2, 0.25) is 0 Å². The Labute approximate surface area is 135 Å². The molecule has 0 atom stereocenters. The summed E-state index contributed by atoms with van der Waals surface area (Å²) in [6.45, 7) is 2.36. The number of fused-ring (bicyclic) bond motifs is 1. The van der Waals surface area contributed by atoms with Crippen LogP contribution in [-0.2, 0) is 0 Å². The highest BCUT2D eigenvalue weighted by molar-refractivity contribution is 5.94. The second-order valence-electron chi connectivity index (χ2n) is 5.37. The number of para-hydroxylation sites is 1. The topological polar surface area (TPSA) is 50.8 Å². The Morgan fingerprint density at radius 1 is 1.09 bits per heavy atom. The van der Waals surface area contributed by atoms with Crippen molar-refractivity contribution in [2.45, 2.75) is 0 Å². The highest BCUT2D eigenvalue weighted by atomic mass is 16.6. The summed E-state index contributed by atoms with van der Waals surface area (Å²) in [5.74, 6) is 1.21. The molecule has 0 saturated heterocycles. The molecule has 0 spiro atoms. The third kappa shape index (κ3) is 3.74. The van der Waals surface area contributed by atoms with E-state index in [1.54, 1.807) is 18.2 Å². The van der Waals surface area contributed by atoms with Gasteiger partial charge in [0.15, 0.2) is 11.5 Å². The monoisotopic (exact) mass is 312 g/mol. The van der Waals surface area contributed by atoms with Crippen molar-refractivity contribution in [3.05, 3.63) is 54.1 Å². The predicted molar refractivity (Wildman–Crippen MR) is 89.5 cm³/mol. The van der Waals surface area contributed by atoms with Crippen LogP contribution in [0.2, 0.25) is 0 Å². The first-order chi connectivity index (χ1) is 11.2. The van der Waals surface area contributed by atoms with Gasteiger partial charge >= 0.3 is 0 Å². The third-order valence-electron chi connectivity index (χ3n) is 3.73. The highest BCUT2D eigenvalue weighted by Gasteiger charge is 2.14. The zero-order valence-electron chi connectivity index (χ0n) is 13.1. The number of nitrogens with one attached hydrogen (secondary N) is 1. The number of hydrogen-bond acceptors (Lipinski definition) is 4. The quantitative estimate of drug-likeness (QED) is 0.920. The average Bonchev–Trinajstić information content (AvgIpc) is 2.61. The van der Waals surface area contributed by atoms with Gasteiger partial charge in [-0.25, -0.2) is 0 Å². The molecule has 23 heavy (non-hydrogen) atoms. The molecule has 2 aromatic carbocycles. The number of benzene rings is 2. The normalized spacial score (nSPS) is 12.6. The fourth-order valence-corrected chi connectivity index (χ4v) is 2.44. The van der Waals surface area contributed by atoms with Crippen LogP contribution >= 0.6 is 0 Å². The third-order valence-corrected chi connectivity index (χ3v) is 3.73. The largest absolute Gasteiger partial charge is 0.486 e. The van der Waals surface area contributed by atoms with Gasteiger partial charge in [0.25, 0.3) is 5.91 Å². The zero-order chi connectivity index (χ0) is 16.1. The van der Waals surface area contributed by atoms with Crippen molar-refractivity contribution in [2.75, 3.05) is 38.3 Å². The molecule has 0 unspecified atom stereocenters. The van der Waals surface area contributed by atoms with Crippen molar-refractivity contribution < 1.29 is 14.3 Å². The summed E-state index contributed by atoms with van der Waals surface area (Å²) in [4.78, 5) is 14.3. The van der Waals surface area contributed by atoms with Crippen molar-refractivity contribution in [2.24, 2.45) is 0 Å². The van der Waals surface area contributed by atoms with Gasteiger partial charge in [-0.15, -0.1) is 0 Å². The van der Waals surface area contributed by atoms with Crippen LogP contribution in [-0.4, -0.2) is 39.3 Å². The van der Waals surface area contributed by atoms with Crippen molar-refractivity contribution in [3.63, 3.8) is 0 Å². The number of likely N-dealkylation sites (N-methyl/N-ethyl adjacent to an activating group) is 1. The van der Waals surface area contributed by atoms with Crippen LogP contribution in [0, 0.1) is 0 Å². The van der Waals surface area contributed by atoms with Gasteiger partial charge in [-0.1, -0.05) is 18.2 Å². The Hall–Kier alpha value is -2.69. The molecule has 0 aromatic heterocycles. The van der Waals surface area contributed by atoms with E-state index >= 15 is 0 Å². The summed E-state index contributed by atoms with van der Waals surface area (Å²) in [6, 6.07) is 15.3. The Bertz CT molecular complexity index is 673. The maximum Gasteiger partial charge on any atom is 0.251 e. The first kappa shape index (κ1) is 15.2. The summed E-state index contributed by atoms with van der Waals surface area (Å²) >= 11 is 0. The molecule has 1 heterocycles. The lowest BCUT2D eigenvalue weighted by molar-refractivity contribution is 0.0953. The van der Waals surface area contributed by atoms with E-state index in [-0.39, 0.29) is 5.91 Å². The van der Waals surface area contributed by atoms with Crippen LogP contribution in [0.4, 0.5) is 5.69 Å². The minimum absolute atomic E-state index is 0.108. The van der Waals surface area contributed by atoms with Gasteiger partial charge in [0.05, 0.1) is 0 Å². The standard InChI is InChI=1S/C18H20N2O3/c1-20(15-5-3-2-4-6-15)10-9-19-18(21)14-7-8-16-17(13-14)23-12-11-22-16/h2-8,13H,9-12H2,1H3,(H,19,21). The lowest BCUT2D eigenvalue weighted by Crippen LogP contribution is -2.33. The molecule has 0 aliphatic carbocycles. The molecule has 5 heteroatoms. The number of nitrogens with zero attached hydrogens (tertiary/aromatic N) is 1. The molecular weight excluding hydrogens is 292 g/mol. The van der Waals surface area contributed by atoms with Crippen LogP contribution in [0.15, 0.2) is 48.5 Å². The van der Waals surface area contributed by atoms with E-state index < -0.39 is 0 Å². The molecule has 0 bridgehead atoms. The van der Waals surface area contributed by atoms with Crippen LogP contribution in [0.25, 0.3) is 0 Å². The second kappa shape index (κ2) is 7.05. The number of rotatable bonds is 5. The van der Waals surface area contributed by atoms with Crippen LogP contribution in [0.1, 0.15) is 10.4 Å². The molecule has 0 radical (unpaired) electrons. The first-order valence-corrected chi connectivity index (χ1v) is 7.68. The molecule has 2 aromatic rings. The van der Waals surface area contributed by atoms with E-state index in [0.29, 0.717) is 36.8 Å². The first-order valence-electron chi connectivity index (χ1n) is 7.68. The van der Waals surface area contributed by atoms with E-state index in [4.69, 9.17) is 9.47 Å². The number of carbonyl (C=O) groups excluding carboxylic acids is 1. The molecule has 0 fully saturated rings. The smallest absolute Gasteiger partial charge is 0.251 e. The molecule has 3 rings (SSSR count). The number of anilines is 1. The molecular formula is C18H20N2O3. The van der Waals surface area contributed by atoms with Crippen molar-refractivity contribution in [1.82, 2.24) is 5.32 Å². The molecule has 1 amide bonds. The second-order valence-corrected chi connectivity index (χ2v) is 5.37. The van der Waals surface area contributed by atoms with E-state index in [1.165, 1.54) is 0 Å². The Balaban J connectivity index is 1.53. The van der Waals surface area contributed by atoms with Crippen LogP contribution < -0.4 is 19.7 Å². The highest BCUT2D eigenvalue weighted by Crippen LogP contribution is 2.30. The van der Waals surface area contributed by atoms with Crippen LogP contribution in [0.5, 0.6) is 11.5 Å². The number of amides is 1. The van der Waals surface area contributed by atoms with Gasteiger partial charge in [0.1, 0.15) is 13.2 Å². The fourth-order valence-electron chi connectivity index (χ4n) is 2.44. The maximum atomic E-state index is 12.2. The SMILES string of the molecule is CN(CCNC(=O)c1ccc2c(c1)OCCO2)c1ccccc1. The van der Waals surface area contributed by atoms with Gasteiger partial charge in [0, 0.05) is 31.4 Å². The molecule has 5 nitrogen and oxygen atoms in total. The molecule has 1 aliphatic heterocycles. The Kier molecular flexibility index (Phi) is 4.66. The van der Waals surface area contributed by atoms with Gasteiger partial charge in [-0.05, 0) is 30.3 Å². The van der Waals surface area contributed by atoms with Gasteiger partial charge in [-0.2, -0.15) is 0 Å². The van der Waals surface area contributed by atoms with Gasteiger partial charge in [-0.3, -0.25) is 4.79 Å². The van der Waals surface area contributed by atoms with Crippen molar-refractivity contribution in [1.29, 1.82) is 0 Å². The van der Waals surface area contributed by atoms with Crippen LogP contribution in [0.3, 0.4) is 0 Å². The summed E-state index contributed by atoms with van der Waals surface area (Å²) in [5, 5.41) is 2.93. The van der Waals surface area contributed by atoms with E-state index in [2.05, 4.69) is 10.2 Å². The summed E-state index contributed by atoms with van der Waals surface area (Å²) < 4.78 is 11.0. The number of hydrogen-bond donors (Lipinski definition) is 1. The van der Waals surface area contributed by atoms with Crippen molar-refractivity contribution in [3.8, 4) is 11.5 Å². The maximum absolute atomic E-state index is 12.2. The Morgan fingerprint density at radius 2 is 1.83 bits per heavy atom. The Morgan fingerprint density at radius 3 is 2.61 bits per heavy atom. The predicted octanol–water partition coefficient (Wildman–Crippen LogP) is 2.32. The summed E-state index contributed by atoms with van der Waals surface area (Å²) in [7, 11) is 2.01. The number of ether oxygens (including phenoxy) is 2. The van der Waals surface area contributed by atoms with Crippen molar-refractivity contribution >= 4 is 11.6 Å². The van der Waals surface area contributed by atoms with E-state index in [0.717, 1.165) is 12.2 Å². The molecule has 1 N–H and O–H groups in total. The zero-order valence-corrected chi connectivity index (χ0v) is 13.1. The molecule has 1 aliphatic rings. The summed E-state index contributed by atoms with van der Waals surface area (Å²) in [5.41, 5.74) is 1.71. The fraction of sp³-hybridized carbons (Fsp3) is 0.278. The summed E-state index contributed by atoms with van der Waals surface area (Å²) in [6.07, 6.45) is 0. The lowest BCUT2D eigenvalue weighted by atomic mass is 10.2. The minimum Gasteiger partial charge on any atom is -0.486 e. The molecule has 0 saturated carbocycles. The lowest BCUT2D eigenvalue weighted by Gasteiger charge is -2.20. The van der Waals surface area contributed by atoms with E-state index in [1.807, 2.05) is 37.4 Å². The van der Waals surface area contributed by atoms with E-state index in [9.17, 15) is 4.79 Å². The molecule has 120 valence electrons. The van der Waals surface area contributed by atoms with Gasteiger partial charge < -0.3 is 19.7 Å². The number of carbonyl (C=O) groups is 1.